The van der Waals surface area contributed by atoms with Crippen molar-refractivity contribution in [1.29, 1.82) is 0 Å². The van der Waals surface area contributed by atoms with Crippen molar-refractivity contribution in [2.24, 2.45) is 0 Å². The Kier molecular flexibility index (Phi) is 6.06. The summed E-state index contributed by atoms with van der Waals surface area (Å²) in [5.41, 5.74) is 1.79. The Morgan fingerprint density at radius 1 is 1.09 bits per heavy atom. The summed E-state index contributed by atoms with van der Waals surface area (Å²) in [7, 11) is 0. The first-order valence-corrected chi connectivity index (χ1v) is 7.38. The molecule has 2 N–H and O–H groups in total. The van der Waals surface area contributed by atoms with Crippen LogP contribution in [0.3, 0.4) is 0 Å². The zero-order chi connectivity index (χ0) is 16.5. The Morgan fingerprint density at radius 2 is 1.87 bits per heavy atom. The quantitative estimate of drug-likeness (QED) is 0.806. The Hall–Kier alpha value is -2.95. The lowest BCUT2D eigenvalue weighted by molar-refractivity contribution is -0.117. The van der Waals surface area contributed by atoms with Crippen LogP contribution in [0.2, 0.25) is 0 Å². The molecule has 0 saturated carbocycles. The average molecular weight is 309 g/mol. The van der Waals surface area contributed by atoms with Crippen molar-refractivity contribution in [3.05, 3.63) is 65.9 Å². The highest BCUT2D eigenvalue weighted by Crippen LogP contribution is 2.04. The number of amides is 2. The molecule has 118 valence electrons. The molecule has 5 nitrogen and oxygen atoms in total. The molecule has 1 aromatic heterocycles. The van der Waals surface area contributed by atoms with E-state index in [9.17, 15) is 9.59 Å². The van der Waals surface area contributed by atoms with Gasteiger partial charge in [0.05, 0.1) is 0 Å². The highest BCUT2D eigenvalue weighted by Gasteiger charge is 2.04. The van der Waals surface area contributed by atoms with E-state index in [1.807, 2.05) is 49.4 Å². The van der Waals surface area contributed by atoms with E-state index in [0.717, 1.165) is 11.3 Å². The number of rotatable bonds is 6. The van der Waals surface area contributed by atoms with Crippen LogP contribution in [-0.4, -0.2) is 23.3 Å². The van der Waals surface area contributed by atoms with Crippen LogP contribution in [-0.2, 0) is 9.59 Å². The van der Waals surface area contributed by atoms with Crippen LogP contribution in [0.4, 0.5) is 5.82 Å². The predicted molar refractivity (Wildman–Crippen MR) is 90.7 cm³/mol. The van der Waals surface area contributed by atoms with Gasteiger partial charge in [0.2, 0.25) is 11.8 Å². The Bertz CT molecular complexity index is 696. The standard InChI is InChI=1S/C18H19N3O2/c1-14-6-5-9-16(20-14)21-18(23)12-13-19-17(22)11-10-15-7-3-2-4-8-15/h2-11H,12-13H2,1H3,(H,19,22)(H,20,21,23)/b11-10+. The van der Waals surface area contributed by atoms with E-state index >= 15 is 0 Å². The number of anilines is 1. The molecule has 0 spiro atoms. The van der Waals surface area contributed by atoms with Gasteiger partial charge in [-0.2, -0.15) is 0 Å². The Morgan fingerprint density at radius 3 is 2.61 bits per heavy atom. The predicted octanol–water partition coefficient (Wildman–Crippen LogP) is 2.55. The molecule has 2 amide bonds. The summed E-state index contributed by atoms with van der Waals surface area (Å²) in [6.07, 6.45) is 3.38. The summed E-state index contributed by atoms with van der Waals surface area (Å²) in [6, 6.07) is 15.0. The molecule has 1 aromatic carbocycles. The zero-order valence-electron chi connectivity index (χ0n) is 13.0. The van der Waals surface area contributed by atoms with E-state index in [-0.39, 0.29) is 24.8 Å². The molecule has 5 heteroatoms. The van der Waals surface area contributed by atoms with Crippen LogP contribution in [0.25, 0.3) is 6.08 Å². The van der Waals surface area contributed by atoms with Gasteiger partial charge in [0.15, 0.2) is 0 Å². The molecule has 2 aromatic rings. The molecule has 23 heavy (non-hydrogen) atoms. The van der Waals surface area contributed by atoms with Crippen LogP contribution in [0.1, 0.15) is 17.7 Å². The third kappa shape index (κ3) is 6.13. The second kappa shape index (κ2) is 8.48. The lowest BCUT2D eigenvalue weighted by atomic mass is 10.2. The Labute approximate surface area is 135 Å². The summed E-state index contributed by atoms with van der Waals surface area (Å²) in [4.78, 5) is 27.6. The molecule has 2 rings (SSSR count). The van der Waals surface area contributed by atoms with Gasteiger partial charge in [0.25, 0.3) is 0 Å². The van der Waals surface area contributed by atoms with Crippen molar-refractivity contribution in [3.8, 4) is 0 Å². The van der Waals surface area contributed by atoms with E-state index in [4.69, 9.17) is 0 Å². The van der Waals surface area contributed by atoms with Gasteiger partial charge in [-0.15, -0.1) is 0 Å². The highest BCUT2D eigenvalue weighted by molar-refractivity contribution is 5.93. The van der Waals surface area contributed by atoms with Crippen molar-refractivity contribution in [2.75, 3.05) is 11.9 Å². The van der Waals surface area contributed by atoms with E-state index in [1.165, 1.54) is 6.08 Å². The second-order valence-corrected chi connectivity index (χ2v) is 5.00. The molecule has 1 heterocycles. The molecule has 0 aliphatic heterocycles. The summed E-state index contributed by atoms with van der Waals surface area (Å²) in [5.74, 6) is 0.107. The summed E-state index contributed by atoms with van der Waals surface area (Å²) in [6.45, 7) is 2.13. The van der Waals surface area contributed by atoms with E-state index in [2.05, 4.69) is 15.6 Å². The smallest absolute Gasteiger partial charge is 0.244 e. The summed E-state index contributed by atoms with van der Waals surface area (Å²) in [5, 5.41) is 5.37. The number of carbonyl (C=O) groups excluding carboxylic acids is 2. The number of hydrogen-bond acceptors (Lipinski definition) is 3. The average Bonchev–Trinajstić information content (AvgIpc) is 2.54. The third-order valence-corrected chi connectivity index (χ3v) is 3.03. The third-order valence-electron chi connectivity index (χ3n) is 3.03. The minimum Gasteiger partial charge on any atom is -0.352 e. The van der Waals surface area contributed by atoms with Crippen molar-refractivity contribution in [3.63, 3.8) is 0 Å². The van der Waals surface area contributed by atoms with Gasteiger partial charge in [0, 0.05) is 24.7 Å². The number of aryl methyl sites for hydroxylation is 1. The van der Waals surface area contributed by atoms with Crippen LogP contribution >= 0.6 is 0 Å². The molecular weight excluding hydrogens is 290 g/mol. The number of hydrogen-bond donors (Lipinski definition) is 2. The van der Waals surface area contributed by atoms with E-state index in [1.54, 1.807) is 12.1 Å². The maximum atomic E-state index is 11.8. The molecular formula is C18H19N3O2. The van der Waals surface area contributed by atoms with Gasteiger partial charge < -0.3 is 10.6 Å². The number of benzene rings is 1. The molecule has 0 fully saturated rings. The van der Waals surface area contributed by atoms with Crippen LogP contribution in [0, 0.1) is 6.92 Å². The highest BCUT2D eigenvalue weighted by atomic mass is 16.2. The number of pyridine rings is 1. The molecule has 0 aliphatic rings. The van der Waals surface area contributed by atoms with Crippen LogP contribution < -0.4 is 10.6 Å². The first-order chi connectivity index (χ1) is 11.1. The minimum absolute atomic E-state index is 0.185. The molecule has 0 saturated heterocycles. The Balaban J connectivity index is 1.71. The zero-order valence-corrected chi connectivity index (χ0v) is 13.0. The van der Waals surface area contributed by atoms with Crippen LogP contribution in [0.15, 0.2) is 54.6 Å². The number of nitrogens with zero attached hydrogens (tertiary/aromatic N) is 1. The molecule has 0 bridgehead atoms. The maximum absolute atomic E-state index is 11.8. The van der Waals surface area contributed by atoms with Crippen molar-refractivity contribution in [1.82, 2.24) is 10.3 Å². The maximum Gasteiger partial charge on any atom is 0.244 e. The molecule has 0 aliphatic carbocycles. The van der Waals surface area contributed by atoms with Gasteiger partial charge >= 0.3 is 0 Å². The van der Waals surface area contributed by atoms with Crippen molar-refractivity contribution < 1.29 is 9.59 Å². The molecule has 0 radical (unpaired) electrons. The van der Waals surface area contributed by atoms with Gasteiger partial charge in [-0.25, -0.2) is 4.98 Å². The van der Waals surface area contributed by atoms with E-state index in [0.29, 0.717) is 5.82 Å². The van der Waals surface area contributed by atoms with Crippen molar-refractivity contribution >= 4 is 23.7 Å². The first kappa shape index (κ1) is 16.4. The lowest BCUT2D eigenvalue weighted by Gasteiger charge is -2.05. The van der Waals surface area contributed by atoms with Crippen LogP contribution in [0.5, 0.6) is 0 Å². The number of nitrogens with one attached hydrogen (secondary N) is 2. The van der Waals surface area contributed by atoms with Gasteiger partial charge in [-0.05, 0) is 30.7 Å². The summed E-state index contributed by atoms with van der Waals surface area (Å²) >= 11 is 0. The number of aromatic nitrogens is 1. The van der Waals surface area contributed by atoms with Gasteiger partial charge in [-0.3, -0.25) is 9.59 Å². The fourth-order valence-corrected chi connectivity index (χ4v) is 1.91. The monoisotopic (exact) mass is 309 g/mol. The fraction of sp³-hybridized carbons (Fsp3) is 0.167. The van der Waals surface area contributed by atoms with Crippen molar-refractivity contribution in [2.45, 2.75) is 13.3 Å². The molecule has 0 unspecified atom stereocenters. The van der Waals surface area contributed by atoms with E-state index < -0.39 is 0 Å². The normalized spacial score (nSPS) is 10.5. The summed E-state index contributed by atoms with van der Waals surface area (Å²) < 4.78 is 0. The largest absolute Gasteiger partial charge is 0.352 e. The second-order valence-electron chi connectivity index (χ2n) is 5.00. The minimum atomic E-state index is -0.227. The molecule has 0 atom stereocenters. The SMILES string of the molecule is Cc1cccc(NC(=O)CCNC(=O)/C=C/c2ccccc2)n1. The fourth-order valence-electron chi connectivity index (χ4n) is 1.91. The lowest BCUT2D eigenvalue weighted by Crippen LogP contribution is -2.26. The number of carbonyl (C=O) groups is 2. The van der Waals surface area contributed by atoms with Gasteiger partial charge in [-0.1, -0.05) is 36.4 Å². The first-order valence-electron chi connectivity index (χ1n) is 7.38. The topological polar surface area (TPSA) is 71.1 Å². The van der Waals surface area contributed by atoms with Gasteiger partial charge in [0.1, 0.15) is 5.82 Å².